The number of nitrogens with zero attached hydrogens (tertiary/aromatic N) is 2. The lowest BCUT2D eigenvalue weighted by Gasteiger charge is -2.12. The second-order valence-corrected chi connectivity index (χ2v) is 5.60. The predicted octanol–water partition coefficient (Wildman–Crippen LogP) is 4.16. The van der Waals surface area contributed by atoms with E-state index in [1.807, 2.05) is 25.1 Å². The molecule has 2 aromatic rings. The third-order valence-electron chi connectivity index (χ3n) is 3.67. The summed E-state index contributed by atoms with van der Waals surface area (Å²) in [5.41, 5.74) is 3.15. The van der Waals surface area contributed by atoms with Crippen molar-refractivity contribution in [1.82, 2.24) is 9.97 Å². The summed E-state index contributed by atoms with van der Waals surface area (Å²) in [6, 6.07) is 10.2. The number of hydrogen-bond acceptors (Lipinski definition) is 2. The molecule has 92 valence electrons. The Morgan fingerprint density at radius 3 is 2.39 bits per heavy atom. The lowest BCUT2D eigenvalue weighted by atomic mass is 10.1. The Balaban J connectivity index is 2.17. The van der Waals surface area contributed by atoms with Gasteiger partial charge in [0.1, 0.15) is 11.0 Å². The fourth-order valence-electron chi connectivity index (χ4n) is 2.05. The van der Waals surface area contributed by atoms with Crippen LogP contribution in [0.15, 0.2) is 30.3 Å². The lowest BCUT2D eigenvalue weighted by Crippen LogP contribution is -2.09. The molecule has 0 N–H and O–H groups in total. The van der Waals surface area contributed by atoms with Crippen LogP contribution in [-0.4, -0.2) is 9.97 Å². The van der Waals surface area contributed by atoms with Crippen molar-refractivity contribution in [2.24, 2.45) is 0 Å². The highest BCUT2D eigenvalue weighted by atomic mass is 35.5. The highest BCUT2D eigenvalue weighted by Crippen LogP contribution is 2.46. The molecule has 1 aliphatic carbocycles. The van der Waals surface area contributed by atoms with Crippen molar-refractivity contribution in [2.45, 2.75) is 32.1 Å². The maximum absolute atomic E-state index is 6.25. The molecule has 1 saturated carbocycles. The Hall–Kier alpha value is -1.41. The van der Waals surface area contributed by atoms with Crippen molar-refractivity contribution < 1.29 is 0 Å². The van der Waals surface area contributed by atoms with Gasteiger partial charge in [-0.1, -0.05) is 48.9 Å². The molecule has 2 nitrogen and oxygen atoms in total. The average molecular weight is 259 g/mol. The first-order chi connectivity index (χ1) is 8.60. The maximum atomic E-state index is 6.25. The van der Waals surface area contributed by atoms with Gasteiger partial charge in [-0.25, -0.2) is 9.97 Å². The SMILES string of the molecule is Cc1c(Cl)nc(C2(C)CC2)nc1-c1ccccc1. The van der Waals surface area contributed by atoms with Crippen LogP contribution in [-0.2, 0) is 5.41 Å². The van der Waals surface area contributed by atoms with Crippen LogP contribution in [0.1, 0.15) is 31.2 Å². The number of benzene rings is 1. The van der Waals surface area contributed by atoms with E-state index >= 15 is 0 Å². The molecule has 0 atom stereocenters. The summed E-state index contributed by atoms with van der Waals surface area (Å²) in [6.07, 6.45) is 2.31. The van der Waals surface area contributed by atoms with Gasteiger partial charge in [0.2, 0.25) is 0 Å². The Bertz CT molecular complexity index is 589. The van der Waals surface area contributed by atoms with E-state index in [-0.39, 0.29) is 5.41 Å². The minimum atomic E-state index is 0.140. The highest BCUT2D eigenvalue weighted by molar-refractivity contribution is 6.30. The summed E-state index contributed by atoms with van der Waals surface area (Å²) in [5.74, 6) is 0.886. The normalized spacial score (nSPS) is 16.6. The van der Waals surface area contributed by atoms with E-state index in [1.54, 1.807) is 0 Å². The number of rotatable bonds is 2. The van der Waals surface area contributed by atoms with Gasteiger partial charge in [0.05, 0.1) is 5.69 Å². The second-order valence-electron chi connectivity index (χ2n) is 5.24. The Morgan fingerprint density at radius 1 is 1.11 bits per heavy atom. The molecule has 0 bridgehead atoms. The standard InChI is InChI=1S/C15H15ClN2/c1-10-12(11-6-4-3-5-7-11)17-14(18-13(10)16)15(2)8-9-15/h3-7H,8-9H2,1-2H3. The minimum Gasteiger partial charge on any atom is -0.232 e. The zero-order valence-corrected chi connectivity index (χ0v) is 11.3. The van der Waals surface area contributed by atoms with Crippen molar-refractivity contribution in [3.8, 4) is 11.3 Å². The lowest BCUT2D eigenvalue weighted by molar-refractivity contribution is 0.708. The van der Waals surface area contributed by atoms with Crippen LogP contribution in [0.3, 0.4) is 0 Å². The zero-order valence-electron chi connectivity index (χ0n) is 10.6. The molecule has 0 saturated heterocycles. The second kappa shape index (κ2) is 4.06. The third-order valence-corrected chi connectivity index (χ3v) is 4.04. The molecule has 0 amide bonds. The number of aromatic nitrogens is 2. The summed E-state index contributed by atoms with van der Waals surface area (Å²) in [6.45, 7) is 4.17. The monoisotopic (exact) mass is 258 g/mol. The number of halogens is 1. The van der Waals surface area contributed by atoms with Crippen LogP contribution in [0.4, 0.5) is 0 Å². The largest absolute Gasteiger partial charge is 0.232 e. The molecule has 0 unspecified atom stereocenters. The van der Waals surface area contributed by atoms with Gasteiger partial charge < -0.3 is 0 Å². The Labute approximate surface area is 112 Å². The molecular weight excluding hydrogens is 244 g/mol. The summed E-state index contributed by atoms with van der Waals surface area (Å²) >= 11 is 6.25. The van der Waals surface area contributed by atoms with Crippen LogP contribution in [0.2, 0.25) is 5.15 Å². The summed E-state index contributed by atoms with van der Waals surface area (Å²) in [4.78, 5) is 9.19. The molecule has 1 heterocycles. The maximum Gasteiger partial charge on any atom is 0.136 e. The van der Waals surface area contributed by atoms with E-state index < -0.39 is 0 Å². The van der Waals surface area contributed by atoms with Crippen LogP contribution in [0.25, 0.3) is 11.3 Å². The van der Waals surface area contributed by atoms with Crippen LogP contribution in [0.5, 0.6) is 0 Å². The van der Waals surface area contributed by atoms with Crippen molar-refractivity contribution in [2.75, 3.05) is 0 Å². The first kappa shape index (κ1) is 11.7. The van der Waals surface area contributed by atoms with Crippen LogP contribution >= 0.6 is 11.6 Å². The third kappa shape index (κ3) is 1.91. The molecule has 3 heteroatoms. The fourth-order valence-corrected chi connectivity index (χ4v) is 2.22. The topological polar surface area (TPSA) is 25.8 Å². The zero-order chi connectivity index (χ0) is 12.8. The van der Waals surface area contributed by atoms with E-state index in [0.717, 1.165) is 35.5 Å². The molecule has 1 aromatic heterocycles. The van der Waals surface area contributed by atoms with Gasteiger partial charge in [0, 0.05) is 16.5 Å². The molecule has 0 spiro atoms. The Kier molecular flexibility index (Phi) is 2.63. The highest BCUT2D eigenvalue weighted by Gasteiger charge is 2.42. The van der Waals surface area contributed by atoms with Gasteiger partial charge in [-0.15, -0.1) is 0 Å². The van der Waals surface area contributed by atoms with E-state index in [1.165, 1.54) is 0 Å². The molecular formula is C15H15ClN2. The molecule has 18 heavy (non-hydrogen) atoms. The summed E-state index contributed by atoms with van der Waals surface area (Å²) in [5, 5.41) is 0.576. The van der Waals surface area contributed by atoms with Crippen molar-refractivity contribution >= 4 is 11.6 Å². The van der Waals surface area contributed by atoms with Gasteiger partial charge in [-0.2, -0.15) is 0 Å². The van der Waals surface area contributed by atoms with Crippen LogP contribution < -0.4 is 0 Å². The van der Waals surface area contributed by atoms with E-state index in [2.05, 4.69) is 24.0 Å². The van der Waals surface area contributed by atoms with Gasteiger partial charge in [-0.3, -0.25) is 0 Å². The van der Waals surface area contributed by atoms with Gasteiger partial charge in [0.15, 0.2) is 0 Å². The summed E-state index contributed by atoms with van der Waals surface area (Å²) in [7, 11) is 0. The Morgan fingerprint density at radius 2 is 1.78 bits per heavy atom. The predicted molar refractivity (Wildman–Crippen MR) is 73.8 cm³/mol. The van der Waals surface area contributed by atoms with E-state index in [0.29, 0.717) is 5.15 Å². The quantitative estimate of drug-likeness (QED) is 0.756. The minimum absolute atomic E-state index is 0.140. The molecule has 0 aliphatic heterocycles. The van der Waals surface area contributed by atoms with Crippen molar-refractivity contribution in [1.29, 1.82) is 0 Å². The molecule has 1 fully saturated rings. The fraction of sp³-hybridized carbons (Fsp3) is 0.333. The van der Waals surface area contributed by atoms with E-state index in [9.17, 15) is 0 Å². The van der Waals surface area contributed by atoms with Gasteiger partial charge in [-0.05, 0) is 19.8 Å². The molecule has 1 aromatic carbocycles. The van der Waals surface area contributed by atoms with E-state index in [4.69, 9.17) is 16.6 Å². The summed E-state index contributed by atoms with van der Waals surface area (Å²) < 4.78 is 0. The van der Waals surface area contributed by atoms with Gasteiger partial charge >= 0.3 is 0 Å². The van der Waals surface area contributed by atoms with Crippen molar-refractivity contribution in [3.05, 3.63) is 46.9 Å². The average Bonchev–Trinajstić information content (AvgIpc) is 3.13. The molecule has 0 radical (unpaired) electrons. The molecule has 1 aliphatic rings. The first-order valence-corrected chi connectivity index (χ1v) is 6.58. The molecule has 3 rings (SSSR count). The van der Waals surface area contributed by atoms with Crippen molar-refractivity contribution in [3.63, 3.8) is 0 Å². The number of hydrogen-bond donors (Lipinski definition) is 0. The smallest absolute Gasteiger partial charge is 0.136 e. The van der Waals surface area contributed by atoms with Gasteiger partial charge in [0.25, 0.3) is 0 Å². The van der Waals surface area contributed by atoms with Crippen LogP contribution in [0, 0.1) is 6.92 Å². The first-order valence-electron chi connectivity index (χ1n) is 6.20.